The quantitative estimate of drug-likeness (QED) is 0.700. The SMILES string of the molecule is CC(C)C(=O)CN1CCCC(N(C)C)C1. The predicted molar refractivity (Wildman–Crippen MR) is 63.0 cm³/mol. The molecule has 15 heavy (non-hydrogen) atoms. The highest BCUT2D eigenvalue weighted by molar-refractivity contribution is 5.82. The van der Waals surface area contributed by atoms with Gasteiger partial charge in [-0.2, -0.15) is 0 Å². The van der Waals surface area contributed by atoms with Gasteiger partial charge in [0.25, 0.3) is 0 Å². The number of likely N-dealkylation sites (N-methyl/N-ethyl adjacent to an activating group) is 1. The molecule has 88 valence electrons. The Bertz CT molecular complexity index is 214. The molecule has 1 saturated heterocycles. The fourth-order valence-corrected chi connectivity index (χ4v) is 2.00. The number of nitrogens with zero attached hydrogens (tertiary/aromatic N) is 2. The Balaban J connectivity index is 2.39. The molecule has 0 bridgehead atoms. The number of carbonyl (C=O) groups is 1. The van der Waals surface area contributed by atoms with E-state index in [1.165, 1.54) is 12.8 Å². The van der Waals surface area contributed by atoms with Gasteiger partial charge in [0.1, 0.15) is 5.78 Å². The van der Waals surface area contributed by atoms with Gasteiger partial charge in [-0.05, 0) is 33.5 Å². The lowest BCUT2D eigenvalue weighted by Gasteiger charge is -2.35. The van der Waals surface area contributed by atoms with Gasteiger partial charge in [-0.15, -0.1) is 0 Å². The third kappa shape index (κ3) is 3.92. The lowest BCUT2D eigenvalue weighted by atomic mass is 10.0. The fourth-order valence-electron chi connectivity index (χ4n) is 2.00. The van der Waals surface area contributed by atoms with E-state index in [0.29, 0.717) is 18.4 Å². The fraction of sp³-hybridized carbons (Fsp3) is 0.917. The highest BCUT2D eigenvalue weighted by atomic mass is 16.1. The molecule has 0 aliphatic carbocycles. The van der Waals surface area contributed by atoms with Gasteiger partial charge in [-0.25, -0.2) is 0 Å². The van der Waals surface area contributed by atoms with Crippen LogP contribution in [0.4, 0.5) is 0 Å². The zero-order valence-electron chi connectivity index (χ0n) is 10.5. The highest BCUT2D eigenvalue weighted by Gasteiger charge is 2.23. The molecule has 1 aliphatic heterocycles. The van der Waals surface area contributed by atoms with Crippen LogP contribution in [0.1, 0.15) is 26.7 Å². The topological polar surface area (TPSA) is 23.6 Å². The summed E-state index contributed by atoms with van der Waals surface area (Å²) in [5, 5.41) is 0. The highest BCUT2D eigenvalue weighted by Crippen LogP contribution is 2.14. The summed E-state index contributed by atoms with van der Waals surface area (Å²) in [6.45, 7) is 6.74. The van der Waals surface area contributed by atoms with Crippen molar-refractivity contribution in [1.29, 1.82) is 0 Å². The molecule has 1 aliphatic rings. The summed E-state index contributed by atoms with van der Waals surface area (Å²) >= 11 is 0. The standard InChI is InChI=1S/C12H24N2O/c1-10(2)12(15)9-14-7-5-6-11(8-14)13(3)4/h10-11H,5-9H2,1-4H3. The van der Waals surface area contributed by atoms with Crippen LogP contribution in [0.2, 0.25) is 0 Å². The summed E-state index contributed by atoms with van der Waals surface area (Å²) in [4.78, 5) is 16.2. The number of Topliss-reactive ketones (excluding diaryl/α,β-unsaturated/α-hetero) is 1. The van der Waals surface area contributed by atoms with Crippen LogP contribution in [0.15, 0.2) is 0 Å². The Morgan fingerprint density at radius 2 is 2.13 bits per heavy atom. The van der Waals surface area contributed by atoms with E-state index in [1.807, 2.05) is 13.8 Å². The molecule has 1 rings (SSSR count). The van der Waals surface area contributed by atoms with Gasteiger partial charge in [0.05, 0.1) is 6.54 Å². The van der Waals surface area contributed by atoms with E-state index in [-0.39, 0.29) is 5.92 Å². The maximum atomic E-state index is 11.6. The third-order valence-corrected chi connectivity index (χ3v) is 3.23. The molecule has 0 N–H and O–H groups in total. The Morgan fingerprint density at radius 1 is 1.47 bits per heavy atom. The van der Waals surface area contributed by atoms with Crippen LogP contribution in [-0.2, 0) is 4.79 Å². The Labute approximate surface area is 93.4 Å². The van der Waals surface area contributed by atoms with E-state index < -0.39 is 0 Å². The molecule has 3 nitrogen and oxygen atoms in total. The van der Waals surface area contributed by atoms with Crippen LogP contribution in [0, 0.1) is 5.92 Å². The van der Waals surface area contributed by atoms with Crippen molar-refractivity contribution in [2.24, 2.45) is 5.92 Å². The largest absolute Gasteiger partial charge is 0.305 e. The second-order valence-corrected chi connectivity index (χ2v) is 5.12. The number of rotatable bonds is 4. The summed E-state index contributed by atoms with van der Waals surface area (Å²) in [6.07, 6.45) is 2.48. The maximum Gasteiger partial charge on any atom is 0.149 e. The Morgan fingerprint density at radius 3 is 2.67 bits per heavy atom. The van der Waals surface area contributed by atoms with Gasteiger partial charge in [-0.1, -0.05) is 13.8 Å². The molecule has 0 radical (unpaired) electrons. The monoisotopic (exact) mass is 212 g/mol. The summed E-state index contributed by atoms with van der Waals surface area (Å²) < 4.78 is 0. The molecule has 0 aromatic carbocycles. The minimum atomic E-state index is 0.171. The first kappa shape index (κ1) is 12.7. The van der Waals surface area contributed by atoms with E-state index in [2.05, 4.69) is 23.9 Å². The first-order valence-electron chi connectivity index (χ1n) is 5.92. The zero-order valence-corrected chi connectivity index (χ0v) is 10.5. The van der Waals surface area contributed by atoms with Crippen molar-refractivity contribution in [2.75, 3.05) is 33.7 Å². The zero-order chi connectivity index (χ0) is 11.4. The summed E-state index contributed by atoms with van der Waals surface area (Å²) in [5.41, 5.74) is 0. The maximum absolute atomic E-state index is 11.6. The minimum Gasteiger partial charge on any atom is -0.305 e. The molecule has 0 aromatic rings. The van der Waals surface area contributed by atoms with E-state index >= 15 is 0 Å². The molecule has 0 amide bonds. The van der Waals surface area contributed by atoms with Crippen LogP contribution in [0.25, 0.3) is 0 Å². The molecule has 0 saturated carbocycles. The molecule has 1 atom stereocenters. The Hall–Kier alpha value is -0.410. The van der Waals surface area contributed by atoms with E-state index in [4.69, 9.17) is 0 Å². The molecule has 1 unspecified atom stereocenters. The van der Waals surface area contributed by atoms with Crippen LogP contribution in [0.5, 0.6) is 0 Å². The minimum absolute atomic E-state index is 0.171. The van der Waals surface area contributed by atoms with Crippen molar-refractivity contribution < 1.29 is 4.79 Å². The second kappa shape index (κ2) is 5.61. The van der Waals surface area contributed by atoms with E-state index in [0.717, 1.165) is 13.1 Å². The van der Waals surface area contributed by atoms with Crippen molar-refractivity contribution in [3.8, 4) is 0 Å². The summed E-state index contributed by atoms with van der Waals surface area (Å²) in [7, 11) is 4.25. The number of piperidine rings is 1. The van der Waals surface area contributed by atoms with Crippen LogP contribution in [0.3, 0.4) is 0 Å². The van der Waals surface area contributed by atoms with Gasteiger partial charge in [0.15, 0.2) is 0 Å². The van der Waals surface area contributed by atoms with Crippen molar-refractivity contribution in [2.45, 2.75) is 32.7 Å². The average molecular weight is 212 g/mol. The van der Waals surface area contributed by atoms with Crippen LogP contribution >= 0.6 is 0 Å². The smallest absolute Gasteiger partial charge is 0.149 e. The van der Waals surface area contributed by atoms with Gasteiger partial charge in [-0.3, -0.25) is 9.69 Å². The average Bonchev–Trinajstić information content (AvgIpc) is 2.18. The normalized spacial score (nSPS) is 23.7. The first-order valence-corrected chi connectivity index (χ1v) is 5.92. The van der Waals surface area contributed by atoms with E-state index in [1.54, 1.807) is 0 Å². The van der Waals surface area contributed by atoms with E-state index in [9.17, 15) is 4.79 Å². The number of ketones is 1. The molecule has 1 heterocycles. The van der Waals surface area contributed by atoms with Crippen molar-refractivity contribution in [3.63, 3.8) is 0 Å². The lowest BCUT2D eigenvalue weighted by Crippen LogP contribution is -2.47. The number of hydrogen-bond acceptors (Lipinski definition) is 3. The van der Waals surface area contributed by atoms with Gasteiger partial charge < -0.3 is 4.90 Å². The summed E-state index contributed by atoms with van der Waals surface area (Å²) in [6, 6.07) is 0.624. The molecule has 1 fully saturated rings. The van der Waals surface area contributed by atoms with Gasteiger partial charge >= 0.3 is 0 Å². The van der Waals surface area contributed by atoms with Crippen LogP contribution in [-0.4, -0.2) is 55.4 Å². The second-order valence-electron chi connectivity index (χ2n) is 5.12. The third-order valence-electron chi connectivity index (χ3n) is 3.23. The number of likely N-dealkylation sites (tertiary alicyclic amines) is 1. The predicted octanol–water partition coefficient (Wildman–Crippen LogP) is 1.24. The van der Waals surface area contributed by atoms with Crippen LogP contribution < -0.4 is 0 Å². The van der Waals surface area contributed by atoms with Gasteiger partial charge in [0, 0.05) is 18.5 Å². The first-order chi connectivity index (χ1) is 7.00. The van der Waals surface area contributed by atoms with Crippen molar-refractivity contribution >= 4 is 5.78 Å². The number of hydrogen-bond donors (Lipinski definition) is 0. The van der Waals surface area contributed by atoms with Crippen molar-refractivity contribution in [3.05, 3.63) is 0 Å². The molecular formula is C12H24N2O. The summed E-state index contributed by atoms with van der Waals surface area (Å²) in [5.74, 6) is 0.541. The molecule has 3 heteroatoms. The molecule has 0 aromatic heterocycles. The Kier molecular flexibility index (Phi) is 4.74. The molecular weight excluding hydrogens is 188 g/mol. The van der Waals surface area contributed by atoms with Gasteiger partial charge in [0.2, 0.25) is 0 Å². The molecule has 0 spiro atoms. The number of carbonyl (C=O) groups excluding carboxylic acids is 1. The van der Waals surface area contributed by atoms with Crippen molar-refractivity contribution in [1.82, 2.24) is 9.80 Å². The lowest BCUT2D eigenvalue weighted by molar-refractivity contribution is -0.123.